The lowest BCUT2D eigenvalue weighted by Crippen LogP contribution is -2.29. The zero-order valence-electron chi connectivity index (χ0n) is 11.3. The SMILES string of the molecule is CCN(CC)CCCC(C)NC/C=C/C(=O)O. The van der Waals surface area contributed by atoms with Crippen molar-refractivity contribution in [2.45, 2.75) is 39.7 Å². The average Bonchev–Trinajstić information content (AvgIpc) is 2.30. The van der Waals surface area contributed by atoms with Crippen molar-refractivity contribution in [1.29, 1.82) is 0 Å². The van der Waals surface area contributed by atoms with E-state index in [1.54, 1.807) is 6.08 Å². The highest BCUT2D eigenvalue weighted by molar-refractivity contribution is 5.79. The van der Waals surface area contributed by atoms with Gasteiger partial charge in [0, 0.05) is 18.7 Å². The number of hydrogen-bond acceptors (Lipinski definition) is 3. The Balaban J connectivity index is 3.52. The Morgan fingerprint density at radius 2 is 2.06 bits per heavy atom. The summed E-state index contributed by atoms with van der Waals surface area (Å²) in [5.41, 5.74) is 0. The van der Waals surface area contributed by atoms with Crippen molar-refractivity contribution in [1.82, 2.24) is 10.2 Å². The van der Waals surface area contributed by atoms with Gasteiger partial charge in [-0.15, -0.1) is 0 Å². The molecule has 0 radical (unpaired) electrons. The van der Waals surface area contributed by atoms with E-state index in [4.69, 9.17) is 5.11 Å². The van der Waals surface area contributed by atoms with E-state index in [1.807, 2.05) is 0 Å². The average molecular weight is 242 g/mol. The molecule has 0 aromatic heterocycles. The molecule has 0 saturated heterocycles. The van der Waals surface area contributed by atoms with Crippen molar-refractivity contribution >= 4 is 5.97 Å². The van der Waals surface area contributed by atoms with Gasteiger partial charge < -0.3 is 15.3 Å². The first-order valence-electron chi connectivity index (χ1n) is 6.45. The van der Waals surface area contributed by atoms with Crippen LogP contribution in [-0.4, -0.2) is 48.2 Å². The van der Waals surface area contributed by atoms with Crippen LogP contribution < -0.4 is 5.32 Å². The Kier molecular flexibility index (Phi) is 9.77. The summed E-state index contributed by atoms with van der Waals surface area (Å²) < 4.78 is 0. The third-order valence-electron chi connectivity index (χ3n) is 2.85. The highest BCUT2D eigenvalue weighted by Crippen LogP contribution is 1.99. The predicted octanol–water partition coefficient (Wildman–Crippen LogP) is 1.73. The van der Waals surface area contributed by atoms with Crippen LogP contribution in [-0.2, 0) is 4.79 Å². The van der Waals surface area contributed by atoms with Crippen LogP contribution in [0.5, 0.6) is 0 Å². The minimum absolute atomic E-state index is 0.434. The molecular formula is C13H26N2O2. The summed E-state index contributed by atoms with van der Waals surface area (Å²) in [6, 6.07) is 0.434. The van der Waals surface area contributed by atoms with E-state index in [0.29, 0.717) is 12.6 Å². The van der Waals surface area contributed by atoms with Crippen LogP contribution in [0.4, 0.5) is 0 Å². The fourth-order valence-electron chi connectivity index (χ4n) is 1.69. The molecular weight excluding hydrogens is 216 g/mol. The van der Waals surface area contributed by atoms with Crippen molar-refractivity contribution in [2.24, 2.45) is 0 Å². The van der Waals surface area contributed by atoms with Crippen LogP contribution >= 0.6 is 0 Å². The van der Waals surface area contributed by atoms with Crippen LogP contribution in [0, 0.1) is 0 Å². The number of carboxylic acid groups (broad SMARTS) is 1. The van der Waals surface area contributed by atoms with Crippen molar-refractivity contribution in [3.63, 3.8) is 0 Å². The minimum Gasteiger partial charge on any atom is -0.478 e. The van der Waals surface area contributed by atoms with Gasteiger partial charge in [-0.3, -0.25) is 0 Å². The van der Waals surface area contributed by atoms with E-state index in [1.165, 1.54) is 12.5 Å². The Morgan fingerprint density at radius 1 is 1.41 bits per heavy atom. The molecule has 0 saturated carbocycles. The Bertz CT molecular complexity index is 225. The summed E-state index contributed by atoms with van der Waals surface area (Å²) >= 11 is 0. The maximum absolute atomic E-state index is 10.2. The lowest BCUT2D eigenvalue weighted by molar-refractivity contribution is -0.131. The predicted molar refractivity (Wildman–Crippen MR) is 71.3 cm³/mol. The van der Waals surface area contributed by atoms with Gasteiger partial charge >= 0.3 is 5.97 Å². The first-order chi connectivity index (χ1) is 8.10. The molecule has 0 spiro atoms. The summed E-state index contributed by atoms with van der Waals surface area (Å²) in [5.74, 6) is -0.888. The van der Waals surface area contributed by atoms with Crippen LogP contribution in [0.1, 0.15) is 33.6 Å². The molecule has 2 N–H and O–H groups in total. The maximum atomic E-state index is 10.2. The molecule has 1 atom stereocenters. The lowest BCUT2D eigenvalue weighted by Gasteiger charge is -2.19. The molecule has 0 aliphatic heterocycles. The smallest absolute Gasteiger partial charge is 0.328 e. The molecule has 100 valence electrons. The molecule has 0 aromatic rings. The molecule has 4 nitrogen and oxygen atoms in total. The first kappa shape index (κ1) is 16.1. The molecule has 0 aliphatic carbocycles. The summed E-state index contributed by atoms with van der Waals surface area (Å²) in [4.78, 5) is 12.7. The molecule has 1 unspecified atom stereocenters. The van der Waals surface area contributed by atoms with Gasteiger partial charge in [0.1, 0.15) is 0 Å². The summed E-state index contributed by atoms with van der Waals surface area (Å²) in [7, 11) is 0. The number of nitrogens with one attached hydrogen (secondary N) is 1. The van der Waals surface area contributed by atoms with Crippen molar-refractivity contribution < 1.29 is 9.90 Å². The molecule has 0 bridgehead atoms. The molecule has 0 aliphatic rings. The third-order valence-corrected chi connectivity index (χ3v) is 2.85. The summed E-state index contributed by atoms with van der Waals surface area (Å²) in [5, 5.41) is 11.7. The van der Waals surface area contributed by atoms with Crippen molar-refractivity contribution in [3.8, 4) is 0 Å². The summed E-state index contributed by atoms with van der Waals surface area (Å²) in [6.07, 6.45) is 5.12. The zero-order valence-corrected chi connectivity index (χ0v) is 11.3. The Morgan fingerprint density at radius 3 is 2.59 bits per heavy atom. The fourth-order valence-corrected chi connectivity index (χ4v) is 1.69. The number of aliphatic carboxylic acids is 1. The Labute approximate surface area is 105 Å². The van der Waals surface area contributed by atoms with Gasteiger partial charge in [-0.1, -0.05) is 19.9 Å². The minimum atomic E-state index is -0.888. The zero-order chi connectivity index (χ0) is 13.1. The molecule has 4 heteroatoms. The maximum Gasteiger partial charge on any atom is 0.328 e. The molecule has 0 rings (SSSR count). The van der Waals surface area contributed by atoms with Crippen molar-refractivity contribution in [2.75, 3.05) is 26.2 Å². The van der Waals surface area contributed by atoms with E-state index in [0.717, 1.165) is 26.1 Å². The second kappa shape index (κ2) is 10.3. The molecule has 0 amide bonds. The number of hydrogen-bond donors (Lipinski definition) is 2. The van der Waals surface area contributed by atoms with E-state index < -0.39 is 5.97 Å². The van der Waals surface area contributed by atoms with Gasteiger partial charge in [-0.05, 0) is 39.4 Å². The van der Waals surface area contributed by atoms with Gasteiger partial charge in [0.25, 0.3) is 0 Å². The van der Waals surface area contributed by atoms with Crippen LogP contribution in [0.25, 0.3) is 0 Å². The van der Waals surface area contributed by atoms with Crippen LogP contribution in [0.3, 0.4) is 0 Å². The molecule has 0 aromatic carbocycles. The summed E-state index contributed by atoms with van der Waals surface area (Å²) in [6.45, 7) is 10.5. The van der Waals surface area contributed by atoms with Crippen molar-refractivity contribution in [3.05, 3.63) is 12.2 Å². The topological polar surface area (TPSA) is 52.6 Å². The largest absolute Gasteiger partial charge is 0.478 e. The van der Waals surface area contributed by atoms with Gasteiger partial charge in [0.15, 0.2) is 0 Å². The van der Waals surface area contributed by atoms with E-state index >= 15 is 0 Å². The van der Waals surface area contributed by atoms with Gasteiger partial charge in [-0.2, -0.15) is 0 Å². The van der Waals surface area contributed by atoms with E-state index in [2.05, 4.69) is 31.0 Å². The standard InChI is InChI=1S/C13H26N2O2/c1-4-15(5-2)11-7-8-12(3)14-10-6-9-13(16)17/h6,9,12,14H,4-5,7-8,10-11H2,1-3H3,(H,16,17)/b9-6+. The van der Waals surface area contributed by atoms with E-state index in [9.17, 15) is 4.79 Å². The first-order valence-corrected chi connectivity index (χ1v) is 6.45. The van der Waals surface area contributed by atoms with E-state index in [-0.39, 0.29) is 0 Å². The fraction of sp³-hybridized carbons (Fsp3) is 0.769. The van der Waals surface area contributed by atoms with Crippen LogP contribution in [0.2, 0.25) is 0 Å². The number of nitrogens with zero attached hydrogens (tertiary/aromatic N) is 1. The highest BCUT2D eigenvalue weighted by atomic mass is 16.4. The monoisotopic (exact) mass is 242 g/mol. The second-order valence-electron chi connectivity index (χ2n) is 4.22. The van der Waals surface area contributed by atoms with Gasteiger partial charge in [0.2, 0.25) is 0 Å². The normalized spacial score (nSPS) is 13.4. The second-order valence-corrected chi connectivity index (χ2v) is 4.22. The molecule has 0 fully saturated rings. The Hall–Kier alpha value is -0.870. The molecule has 17 heavy (non-hydrogen) atoms. The molecule has 0 heterocycles. The van der Waals surface area contributed by atoms with Gasteiger partial charge in [-0.25, -0.2) is 4.79 Å². The van der Waals surface area contributed by atoms with Crippen LogP contribution in [0.15, 0.2) is 12.2 Å². The quantitative estimate of drug-likeness (QED) is 0.573. The number of carboxylic acids is 1. The lowest BCUT2D eigenvalue weighted by atomic mass is 10.1. The highest BCUT2D eigenvalue weighted by Gasteiger charge is 2.02. The third kappa shape index (κ3) is 10.0. The number of carbonyl (C=O) groups is 1. The number of rotatable bonds is 10. The van der Waals surface area contributed by atoms with Gasteiger partial charge in [0.05, 0.1) is 0 Å².